The van der Waals surface area contributed by atoms with Crippen LogP contribution in [0.5, 0.6) is 0 Å². The Morgan fingerprint density at radius 1 is 1.36 bits per heavy atom. The number of hydrogen-bond donors (Lipinski definition) is 0. The largest absolute Gasteiger partial charge is 0.445 e. The van der Waals surface area contributed by atoms with Gasteiger partial charge in [0.25, 0.3) is 15.8 Å². The summed E-state index contributed by atoms with van der Waals surface area (Å²) < 4.78 is 50.2. The molecule has 0 saturated carbocycles. The van der Waals surface area contributed by atoms with Crippen molar-refractivity contribution < 1.29 is 36.2 Å². The molecule has 2 rings (SSSR count). The van der Waals surface area contributed by atoms with Crippen LogP contribution in [0.25, 0.3) is 0 Å². The number of likely N-dealkylation sites (tertiary alicyclic amines) is 1. The first-order valence-corrected chi connectivity index (χ1v) is 10.2. The number of hydrogen-bond acceptors (Lipinski definition) is 8. The van der Waals surface area contributed by atoms with Gasteiger partial charge in [0.05, 0.1) is 43.1 Å². The lowest BCUT2D eigenvalue weighted by molar-refractivity contribution is -0.384. The fourth-order valence-corrected chi connectivity index (χ4v) is 3.42. The minimum Gasteiger partial charge on any atom is -0.445 e. The van der Waals surface area contributed by atoms with Gasteiger partial charge < -0.3 is 14.4 Å². The van der Waals surface area contributed by atoms with E-state index < -0.39 is 40.0 Å². The highest BCUT2D eigenvalue weighted by Gasteiger charge is 2.38. The van der Waals surface area contributed by atoms with Crippen molar-refractivity contribution in [2.45, 2.75) is 25.2 Å². The van der Waals surface area contributed by atoms with E-state index in [1.54, 1.807) is 0 Å². The second kappa shape index (κ2) is 9.75. The van der Waals surface area contributed by atoms with E-state index in [0.29, 0.717) is 5.56 Å². The van der Waals surface area contributed by atoms with Gasteiger partial charge in [-0.15, -0.1) is 0 Å². The summed E-state index contributed by atoms with van der Waals surface area (Å²) in [6, 6.07) is 4.99. The number of non-ortho nitro benzene ring substituents is 1. The lowest BCUT2D eigenvalue weighted by Crippen LogP contribution is -2.39. The van der Waals surface area contributed by atoms with Gasteiger partial charge in [-0.3, -0.25) is 14.3 Å². The predicted octanol–water partition coefficient (Wildman–Crippen LogP) is 1.64. The van der Waals surface area contributed by atoms with Gasteiger partial charge >= 0.3 is 6.09 Å². The van der Waals surface area contributed by atoms with Gasteiger partial charge in [0.15, 0.2) is 0 Å². The Morgan fingerprint density at radius 3 is 2.61 bits per heavy atom. The molecule has 12 heteroatoms. The number of alkyl halides is 1. The average Bonchev–Trinajstić information content (AvgIpc) is 3.01. The van der Waals surface area contributed by atoms with Gasteiger partial charge in [0.2, 0.25) is 0 Å². The molecule has 2 atom stereocenters. The first kappa shape index (κ1) is 22.0. The third kappa shape index (κ3) is 6.69. The van der Waals surface area contributed by atoms with E-state index in [2.05, 4.69) is 0 Å². The highest BCUT2D eigenvalue weighted by molar-refractivity contribution is 7.86. The van der Waals surface area contributed by atoms with E-state index in [1.807, 2.05) is 0 Å². The number of rotatable bonds is 9. The molecule has 0 aromatic heterocycles. The van der Waals surface area contributed by atoms with Crippen LogP contribution in [-0.2, 0) is 30.4 Å². The number of nitro groups is 1. The zero-order chi connectivity index (χ0) is 20.7. The van der Waals surface area contributed by atoms with Gasteiger partial charge in [-0.1, -0.05) is 0 Å². The first-order valence-electron chi connectivity index (χ1n) is 8.38. The molecule has 10 nitrogen and oxygen atoms in total. The lowest BCUT2D eigenvalue weighted by Gasteiger charge is -2.23. The highest BCUT2D eigenvalue weighted by atomic mass is 32.2. The fourth-order valence-electron chi connectivity index (χ4n) is 2.79. The molecule has 1 aromatic carbocycles. The van der Waals surface area contributed by atoms with Crippen LogP contribution in [0.3, 0.4) is 0 Å². The molecule has 156 valence electrons. The molecule has 1 amide bonds. The Kier molecular flexibility index (Phi) is 7.66. The van der Waals surface area contributed by atoms with Crippen LogP contribution in [0.15, 0.2) is 24.3 Å². The molecule has 1 aliphatic heterocycles. The Labute approximate surface area is 161 Å². The molecule has 1 aliphatic rings. The van der Waals surface area contributed by atoms with Crippen molar-refractivity contribution in [1.82, 2.24) is 4.90 Å². The van der Waals surface area contributed by atoms with Crippen LogP contribution >= 0.6 is 0 Å². The molecule has 0 unspecified atom stereocenters. The third-order valence-electron chi connectivity index (χ3n) is 3.96. The normalized spacial score (nSPS) is 19.6. The molecule has 1 aromatic rings. The van der Waals surface area contributed by atoms with Crippen LogP contribution in [0.2, 0.25) is 0 Å². The van der Waals surface area contributed by atoms with Gasteiger partial charge in [-0.05, 0) is 24.1 Å². The molecule has 28 heavy (non-hydrogen) atoms. The average molecular weight is 420 g/mol. The van der Waals surface area contributed by atoms with Crippen molar-refractivity contribution in [2.24, 2.45) is 0 Å². The number of amides is 1. The maximum atomic E-state index is 12.4. The molecule has 0 N–H and O–H groups in total. The van der Waals surface area contributed by atoms with Gasteiger partial charge in [-0.25, -0.2) is 9.18 Å². The topological polar surface area (TPSA) is 125 Å². The quantitative estimate of drug-likeness (QED) is 0.255. The smallest absolute Gasteiger partial charge is 0.410 e. The molecule has 0 radical (unpaired) electrons. The molecular formula is C16H21FN2O8S. The lowest BCUT2D eigenvalue weighted by atomic mass is 10.2. The van der Waals surface area contributed by atoms with E-state index in [-0.39, 0.29) is 38.5 Å². The zero-order valence-electron chi connectivity index (χ0n) is 15.2. The second-order valence-electron chi connectivity index (χ2n) is 6.21. The van der Waals surface area contributed by atoms with E-state index in [1.165, 1.54) is 29.2 Å². The summed E-state index contributed by atoms with van der Waals surface area (Å²) in [5, 5.41) is 10.6. The van der Waals surface area contributed by atoms with E-state index >= 15 is 0 Å². The summed E-state index contributed by atoms with van der Waals surface area (Å²) in [5.41, 5.74) is 0.466. The molecule has 1 fully saturated rings. The summed E-state index contributed by atoms with van der Waals surface area (Å²) >= 11 is 0. The number of nitrogens with zero attached hydrogens (tertiary/aromatic N) is 2. The summed E-state index contributed by atoms with van der Waals surface area (Å²) in [4.78, 5) is 23.8. The van der Waals surface area contributed by atoms with Crippen molar-refractivity contribution >= 4 is 21.9 Å². The van der Waals surface area contributed by atoms with Gasteiger partial charge in [0.1, 0.15) is 13.3 Å². The number of carbonyl (C=O) groups is 1. The monoisotopic (exact) mass is 420 g/mol. The second-order valence-corrected chi connectivity index (χ2v) is 7.81. The maximum absolute atomic E-state index is 12.4. The number of benzene rings is 1. The Bertz CT molecular complexity index is 786. The number of halogens is 1. The maximum Gasteiger partial charge on any atom is 0.410 e. The van der Waals surface area contributed by atoms with Gasteiger partial charge in [-0.2, -0.15) is 8.42 Å². The number of nitro benzene ring substituents is 1. The zero-order valence-corrected chi connectivity index (χ0v) is 16.0. The first-order chi connectivity index (χ1) is 13.2. The Morgan fingerprint density at radius 2 is 2.04 bits per heavy atom. The van der Waals surface area contributed by atoms with E-state index in [9.17, 15) is 27.7 Å². The van der Waals surface area contributed by atoms with Gasteiger partial charge in [0, 0.05) is 12.1 Å². The standard InChI is InChI=1S/C16H21FN2O8S/c1-28(23,24)27-15-8-14(11-25-7-6-17)18(9-15)16(20)26-10-12-2-4-13(5-3-12)19(21)22/h2-5,14-15H,6-11H2,1H3/t14-,15+/m0/s1. The van der Waals surface area contributed by atoms with E-state index in [0.717, 1.165) is 6.26 Å². The highest BCUT2D eigenvalue weighted by Crippen LogP contribution is 2.23. The van der Waals surface area contributed by atoms with Crippen molar-refractivity contribution in [1.29, 1.82) is 0 Å². The molecule has 0 bridgehead atoms. The SMILES string of the molecule is CS(=O)(=O)O[C@@H]1C[C@@H](COCCF)N(C(=O)OCc2ccc([N+](=O)[O-])cc2)C1. The summed E-state index contributed by atoms with van der Waals surface area (Å²) in [6.07, 6.45) is -0.351. The van der Waals surface area contributed by atoms with Crippen LogP contribution in [0, 0.1) is 10.1 Å². The van der Waals surface area contributed by atoms with Crippen molar-refractivity contribution in [3.63, 3.8) is 0 Å². The predicted molar refractivity (Wildman–Crippen MR) is 94.9 cm³/mol. The van der Waals surface area contributed by atoms with Crippen molar-refractivity contribution in [3.05, 3.63) is 39.9 Å². The minimum atomic E-state index is -3.71. The van der Waals surface area contributed by atoms with Crippen LogP contribution in [-0.4, -0.2) is 69.2 Å². The Hall–Kier alpha value is -2.31. The molecular weight excluding hydrogens is 399 g/mol. The fraction of sp³-hybridized carbons (Fsp3) is 0.562. The van der Waals surface area contributed by atoms with Crippen LogP contribution in [0.1, 0.15) is 12.0 Å². The summed E-state index contributed by atoms with van der Waals surface area (Å²) in [5.74, 6) is 0. The van der Waals surface area contributed by atoms with Crippen LogP contribution < -0.4 is 0 Å². The number of ether oxygens (including phenoxy) is 2. The number of carbonyl (C=O) groups excluding carboxylic acids is 1. The summed E-state index contributed by atoms with van der Waals surface area (Å²) in [7, 11) is -3.71. The molecule has 1 saturated heterocycles. The molecule has 0 aliphatic carbocycles. The minimum absolute atomic E-state index is 0.0141. The summed E-state index contributed by atoms with van der Waals surface area (Å²) in [6.45, 7) is -0.945. The Balaban J connectivity index is 1.97. The van der Waals surface area contributed by atoms with Crippen LogP contribution in [0.4, 0.5) is 14.9 Å². The van der Waals surface area contributed by atoms with E-state index in [4.69, 9.17) is 13.7 Å². The molecule has 0 spiro atoms. The van der Waals surface area contributed by atoms with Crippen molar-refractivity contribution in [3.8, 4) is 0 Å². The van der Waals surface area contributed by atoms with Crippen molar-refractivity contribution in [2.75, 3.05) is 32.7 Å². The molecule has 1 heterocycles. The third-order valence-corrected chi connectivity index (χ3v) is 4.58.